The zero-order chi connectivity index (χ0) is 29.9. The molecule has 43 heavy (non-hydrogen) atoms. The van der Waals surface area contributed by atoms with Crippen molar-refractivity contribution in [3.63, 3.8) is 0 Å². The quantitative estimate of drug-likeness (QED) is 0.414. The second-order valence-electron chi connectivity index (χ2n) is 10.8. The van der Waals surface area contributed by atoms with Gasteiger partial charge in [0.2, 0.25) is 5.91 Å². The van der Waals surface area contributed by atoms with Crippen LogP contribution < -0.4 is 4.90 Å². The number of morpholine rings is 1. The van der Waals surface area contributed by atoms with Crippen molar-refractivity contribution < 1.29 is 23.9 Å². The van der Waals surface area contributed by atoms with Crippen LogP contribution in [-0.2, 0) is 22.6 Å². The molecule has 3 aliphatic rings. The van der Waals surface area contributed by atoms with Crippen LogP contribution in [0, 0.1) is 0 Å². The highest BCUT2D eigenvalue weighted by Crippen LogP contribution is 2.30. The molecule has 0 aromatic heterocycles. The van der Waals surface area contributed by atoms with Crippen LogP contribution in [0.2, 0.25) is 5.02 Å². The molecule has 220 valence electrons. The van der Waals surface area contributed by atoms with E-state index in [1.54, 1.807) is 69.3 Å². The van der Waals surface area contributed by atoms with E-state index >= 15 is 0 Å². The van der Waals surface area contributed by atoms with E-state index in [0.29, 0.717) is 72.4 Å². The number of fused-ring (bicyclic) bond motifs is 1. The molecule has 6 rings (SSSR count). The van der Waals surface area contributed by atoms with Crippen molar-refractivity contribution in [2.45, 2.75) is 13.1 Å². The summed E-state index contributed by atoms with van der Waals surface area (Å²) < 4.78 is 5.40. The third-order valence-electron chi connectivity index (χ3n) is 7.93. The zero-order valence-electron chi connectivity index (χ0n) is 23.6. The Balaban J connectivity index is 1.30. The van der Waals surface area contributed by atoms with E-state index < -0.39 is 0 Å². The second kappa shape index (κ2) is 12.4. The van der Waals surface area contributed by atoms with Crippen molar-refractivity contribution in [3.8, 4) is 0 Å². The van der Waals surface area contributed by atoms with E-state index in [1.807, 2.05) is 24.3 Å². The lowest BCUT2D eigenvalue weighted by Crippen LogP contribution is -2.40. The average molecular weight is 599 g/mol. The number of anilines is 1. The molecule has 0 aliphatic carbocycles. The first-order valence-corrected chi connectivity index (χ1v) is 14.6. The lowest BCUT2D eigenvalue weighted by Gasteiger charge is -2.27. The van der Waals surface area contributed by atoms with Crippen LogP contribution >= 0.6 is 11.6 Å². The van der Waals surface area contributed by atoms with E-state index in [1.165, 1.54) is 4.90 Å². The minimum Gasteiger partial charge on any atom is -0.378 e. The summed E-state index contributed by atoms with van der Waals surface area (Å²) in [5.41, 5.74) is 3.66. The minimum atomic E-state index is -0.304. The molecule has 0 N–H and O–H groups in total. The SMILES string of the molecule is O=C(c1ccc(CN2C(=O)CN(C(=O)c3ccc(Cl)cc3)Cc3cc(C(=O)N4CCOCC4)ccc32)cc1)N1CC=CC1. The third kappa shape index (κ3) is 6.18. The number of benzene rings is 3. The minimum absolute atomic E-state index is 0.0402. The van der Waals surface area contributed by atoms with Crippen molar-refractivity contribution in [1.82, 2.24) is 14.7 Å². The van der Waals surface area contributed by atoms with Crippen molar-refractivity contribution in [1.29, 1.82) is 0 Å². The molecule has 10 heteroatoms. The first-order valence-electron chi connectivity index (χ1n) is 14.3. The van der Waals surface area contributed by atoms with E-state index in [2.05, 4.69) is 0 Å². The normalized spacial score (nSPS) is 16.7. The zero-order valence-corrected chi connectivity index (χ0v) is 24.3. The number of carbonyl (C=O) groups is 4. The van der Waals surface area contributed by atoms with Crippen LogP contribution in [0.4, 0.5) is 5.69 Å². The number of hydrogen-bond donors (Lipinski definition) is 0. The van der Waals surface area contributed by atoms with E-state index in [-0.39, 0.29) is 43.3 Å². The second-order valence-corrected chi connectivity index (χ2v) is 11.2. The van der Waals surface area contributed by atoms with E-state index in [9.17, 15) is 19.2 Å². The van der Waals surface area contributed by atoms with Crippen LogP contribution in [0.25, 0.3) is 0 Å². The van der Waals surface area contributed by atoms with Crippen molar-refractivity contribution in [2.75, 3.05) is 50.8 Å². The number of halogens is 1. The number of rotatable bonds is 5. The fraction of sp³-hybridized carbons (Fsp3) is 0.273. The smallest absolute Gasteiger partial charge is 0.254 e. The number of amides is 4. The molecule has 9 nitrogen and oxygen atoms in total. The van der Waals surface area contributed by atoms with Crippen LogP contribution in [0.3, 0.4) is 0 Å². The van der Waals surface area contributed by atoms with Gasteiger partial charge in [0.15, 0.2) is 0 Å². The summed E-state index contributed by atoms with van der Waals surface area (Å²) in [5.74, 6) is -0.711. The summed E-state index contributed by atoms with van der Waals surface area (Å²) in [7, 11) is 0. The van der Waals surface area contributed by atoms with Gasteiger partial charge in [-0.05, 0) is 65.7 Å². The maximum absolute atomic E-state index is 13.8. The van der Waals surface area contributed by atoms with E-state index in [0.717, 1.165) is 5.56 Å². The molecule has 1 fully saturated rings. The highest BCUT2D eigenvalue weighted by Gasteiger charge is 2.31. The molecule has 0 unspecified atom stereocenters. The Morgan fingerprint density at radius 2 is 1.28 bits per heavy atom. The molecular weight excluding hydrogens is 568 g/mol. The standard InChI is InChI=1S/C33H31ClN4O5/c34-28-10-7-25(8-11-28)32(41)37-21-27-19-26(33(42)36-15-17-43-18-16-36)9-12-29(27)38(30(39)22-37)20-23-3-5-24(6-4-23)31(40)35-13-1-2-14-35/h1-12,19H,13-18,20-22H2. The topological polar surface area (TPSA) is 90.5 Å². The third-order valence-corrected chi connectivity index (χ3v) is 8.18. The van der Waals surface area contributed by atoms with Gasteiger partial charge >= 0.3 is 0 Å². The fourth-order valence-corrected chi connectivity index (χ4v) is 5.68. The van der Waals surface area contributed by atoms with Gasteiger partial charge in [0, 0.05) is 60.1 Å². The summed E-state index contributed by atoms with van der Waals surface area (Å²) in [6.45, 7) is 3.45. The molecule has 0 spiro atoms. The van der Waals surface area contributed by atoms with Gasteiger partial charge in [0.1, 0.15) is 6.54 Å². The van der Waals surface area contributed by atoms with Crippen LogP contribution in [0.5, 0.6) is 0 Å². The molecule has 3 heterocycles. The summed E-state index contributed by atoms with van der Waals surface area (Å²) in [5, 5.41) is 0.510. The molecule has 3 aromatic rings. The first-order chi connectivity index (χ1) is 20.9. The molecule has 3 aliphatic heterocycles. The Bertz CT molecular complexity index is 1570. The highest BCUT2D eigenvalue weighted by molar-refractivity contribution is 6.30. The van der Waals surface area contributed by atoms with Crippen molar-refractivity contribution in [2.24, 2.45) is 0 Å². The van der Waals surface area contributed by atoms with Gasteiger partial charge < -0.3 is 24.3 Å². The molecule has 3 aromatic carbocycles. The van der Waals surface area contributed by atoms with Gasteiger partial charge in [0.05, 0.1) is 19.8 Å². The maximum Gasteiger partial charge on any atom is 0.254 e. The lowest BCUT2D eigenvalue weighted by atomic mass is 10.0. The summed E-state index contributed by atoms with van der Waals surface area (Å²) in [6, 6.07) is 19.1. The van der Waals surface area contributed by atoms with E-state index in [4.69, 9.17) is 16.3 Å². The van der Waals surface area contributed by atoms with Crippen molar-refractivity contribution in [3.05, 3.63) is 112 Å². The molecule has 1 saturated heterocycles. The number of carbonyl (C=O) groups excluding carboxylic acids is 4. The summed E-state index contributed by atoms with van der Waals surface area (Å²) in [4.78, 5) is 60.1. The van der Waals surface area contributed by atoms with Gasteiger partial charge in [-0.3, -0.25) is 19.2 Å². The predicted molar refractivity (Wildman–Crippen MR) is 162 cm³/mol. The molecule has 0 saturated carbocycles. The Morgan fingerprint density at radius 3 is 1.95 bits per heavy atom. The van der Waals surface area contributed by atoms with Gasteiger partial charge in [-0.2, -0.15) is 0 Å². The monoisotopic (exact) mass is 598 g/mol. The Morgan fingerprint density at radius 1 is 0.698 bits per heavy atom. The largest absolute Gasteiger partial charge is 0.378 e. The number of hydrogen-bond acceptors (Lipinski definition) is 5. The molecule has 0 radical (unpaired) electrons. The fourth-order valence-electron chi connectivity index (χ4n) is 5.56. The predicted octanol–water partition coefficient (Wildman–Crippen LogP) is 4.01. The van der Waals surface area contributed by atoms with Gasteiger partial charge in [-0.15, -0.1) is 0 Å². The van der Waals surface area contributed by atoms with Crippen LogP contribution in [0.15, 0.2) is 78.9 Å². The first kappa shape index (κ1) is 28.6. The number of ether oxygens (including phenoxy) is 1. The maximum atomic E-state index is 13.8. The molecule has 4 amide bonds. The van der Waals surface area contributed by atoms with Gasteiger partial charge in [-0.25, -0.2) is 0 Å². The molecular formula is C33H31ClN4O5. The van der Waals surface area contributed by atoms with Gasteiger partial charge in [0.25, 0.3) is 17.7 Å². The lowest BCUT2D eigenvalue weighted by molar-refractivity contribution is -0.119. The molecule has 0 atom stereocenters. The van der Waals surface area contributed by atoms with Crippen molar-refractivity contribution >= 4 is 40.9 Å². The Hall–Kier alpha value is -4.47. The van der Waals surface area contributed by atoms with Crippen LogP contribution in [-0.4, -0.2) is 84.3 Å². The Labute approximate surface area is 254 Å². The molecule has 0 bridgehead atoms. The van der Waals surface area contributed by atoms with Gasteiger partial charge in [-0.1, -0.05) is 35.9 Å². The highest BCUT2D eigenvalue weighted by atomic mass is 35.5. The summed E-state index contributed by atoms with van der Waals surface area (Å²) in [6.07, 6.45) is 3.94. The summed E-state index contributed by atoms with van der Waals surface area (Å²) >= 11 is 6.03. The Kier molecular flexibility index (Phi) is 8.26. The van der Waals surface area contributed by atoms with Crippen LogP contribution in [0.1, 0.15) is 42.2 Å². The average Bonchev–Trinajstić information content (AvgIpc) is 3.54. The number of nitrogens with zero attached hydrogens (tertiary/aromatic N) is 4.